The summed E-state index contributed by atoms with van der Waals surface area (Å²) in [5.74, 6) is 0.0350. The molecule has 0 aromatic heterocycles. The maximum Gasteiger partial charge on any atom is 0.238 e. The SMILES string of the molecule is Cc1cccc(C)c1NC(=O)CN(CCN1CCCC1)Cc1ccc(Cl)cc1. The molecule has 1 fully saturated rings. The smallest absolute Gasteiger partial charge is 0.238 e. The number of nitrogens with one attached hydrogen (secondary N) is 1. The average Bonchev–Trinajstić information content (AvgIpc) is 3.18. The predicted molar refractivity (Wildman–Crippen MR) is 117 cm³/mol. The zero-order chi connectivity index (χ0) is 19.9. The number of hydrogen-bond acceptors (Lipinski definition) is 3. The largest absolute Gasteiger partial charge is 0.324 e. The number of anilines is 1. The summed E-state index contributed by atoms with van der Waals surface area (Å²) in [6.07, 6.45) is 2.56. The van der Waals surface area contributed by atoms with Gasteiger partial charge in [-0.05, 0) is 68.6 Å². The van der Waals surface area contributed by atoms with Crippen LogP contribution < -0.4 is 5.32 Å². The monoisotopic (exact) mass is 399 g/mol. The number of nitrogens with zero attached hydrogens (tertiary/aromatic N) is 2. The van der Waals surface area contributed by atoms with Gasteiger partial charge in [0, 0.05) is 30.3 Å². The van der Waals surface area contributed by atoms with Crippen LogP contribution in [0, 0.1) is 13.8 Å². The molecule has 0 saturated carbocycles. The minimum absolute atomic E-state index is 0.0350. The van der Waals surface area contributed by atoms with Crippen molar-refractivity contribution < 1.29 is 4.79 Å². The van der Waals surface area contributed by atoms with E-state index in [1.165, 1.54) is 31.5 Å². The van der Waals surface area contributed by atoms with Gasteiger partial charge in [-0.2, -0.15) is 0 Å². The molecule has 3 rings (SSSR count). The van der Waals surface area contributed by atoms with Crippen LogP contribution in [0.25, 0.3) is 0 Å². The normalized spacial score (nSPS) is 14.6. The molecule has 0 unspecified atom stereocenters. The van der Waals surface area contributed by atoms with Crippen LogP contribution in [-0.2, 0) is 11.3 Å². The Morgan fingerprint density at radius 2 is 1.71 bits per heavy atom. The van der Waals surface area contributed by atoms with E-state index in [9.17, 15) is 4.79 Å². The number of carbonyl (C=O) groups is 1. The van der Waals surface area contributed by atoms with Gasteiger partial charge in [0.1, 0.15) is 0 Å². The van der Waals surface area contributed by atoms with E-state index in [1.807, 2.05) is 56.3 Å². The molecule has 0 atom stereocenters. The van der Waals surface area contributed by atoms with Crippen LogP contribution in [0.15, 0.2) is 42.5 Å². The van der Waals surface area contributed by atoms with E-state index in [0.717, 1.165) is 41.5 Å². The van der Waals surface area contributed by atoms with Crippen LogP contribution in [0.5, 0.6) is 0 Å². The standard InChI is InChI=1S/C23H30ClN3O/c1-18-6-5-7-19(2)23(18)25-22(28)17-27(15-14-26-12-3-4-13-26)16-20-8-10-21(24)11-9-20/h5-11H,3-4,12-17H2,1-2H3,(H,25,28). The molecular weight excluding hydrogens is 370 g/mol. The molecule has 1 amide bonds. The van der Waals surface area contributed by atoms with E-state index in [0.29, 0.717) is 6.54 Å². The fraction of sp³-hybridized carbons (Fsp3) is 0.435. The lowest BCUT2D eigenvalue weighted by atomic mass is 10.1. The van der Waals surface area contributed by atoms with Crippen molar-refractivity contribution in [2.75, 3.05) is 38.0 Å². The Hall–Kier alpha value is -1.88. The molecular formula is C23H30ClN3O. The number of aryl methyl sites for hydroxylation is 2. The highest BCUT2D eigenvalue weighted by atomic mass is 35.5. The van der Waals surface area contributed by atoms with Gasteiger partial charge in [0.25, 0.3) is 0 Å². The molecule has 1 aliphatic heterocycles. The highest BCUT2D eigenvalue weighted by molar-refractivity contribution is 6.30. The maximum absolute atomic E-state index is 12.8. The fourth-order valence-electron chi connectivity index (χ4n) is 3.74. The summed E-state index contributed by atoms with van der Waals surface area (Å²) in [6, 6.07) is 14.0. The molecule has 0 bridgehead atoms. The summed E-state index contributed by atoms with van der Waals surface area (Å²) >= 11 is 6.02. The molecule has 4 nitrogen and oxygen atoms in total. The van der Waals surface area contributed by atoms with E-state index in [4.69, 9.17) is 11.6 Å². The van der Waals surface area contributed by atoms with Crippen LogP contribution >= 0.6 is 11.6 Å². The second-order valence-corrected chi connectivity index (χ2v) is 8.14. The second kappa shape index (κ2) is 10.1. The van der Waals surface area contributed by atoms with Crippen molar-refractivity contribution >= 4 is 23.2 Å². The first-order valence-corrected chi connectivity index (χ1v) is 10.4. The minimum atomic E-state index is 0.0350. The van der Waals surface area contributed by atoms with Crippen molar-refractivity contribution in [3.05, 3.63) is 64.2 Å². The number of para-hydroxylation sites is 1. The van der Waals surface area contributed by atoms with Crippen LogP contribution in [0.2, 0.25) is 5.02 Å². The number of carbonyl (C=O) groups excluding carboxylic acids is 1. The molecule has 28 heavy (non-hydrogen) atoms. The third-order valence-electron chi connectivity index (χ3n) is 5.36. The van der Waals surface area contributed by atoms with Crippen molar-refractivity contribution in [3.8, 4) is 0 Å². The minimum Gasteiger partial charge on any atom is -0.324 e. The molecule has 1 N–H and O–H groups in total. The summed E-state index contributed by atoms with van der Waals surface area (Å²) in [4.78, 5) is 17.5. The molecule has 150 valence electrons. The quantitative estimate of drug-likeness (QED) is 0.710. The van der Waals surface area contributed by atoms with Gasteiger partial charge in [-0.1, -0.05) is 41.9 Å². The summed E-state index contributed by atoms with van der Waals surface area (Å²) < 4.78 is 0. The van der Waals surface area contributed by atoms with Gasteiger partial charge in [0.05, 0.1) is 6.54 Å². The first-order valence-electron chi connectivity index (χ1n) is 10.1. The van der Waals surface area contributed by atoms with Crippen LogP contribution in [0.1, 0.15) is 29.5 Å². The molecule has 0 aliphatic carbocycles. The van der Waals surface area contributed by atoms with Gasteiger partial charge < -0.3 is 10.2 Å². The van der Waals surface area contributed by atoms with Crippen molar-refractivity contribution in [2.45, 2.75) is 33.2 Å². The molecule has 0 radical (unpaired) electrons. The Morgan fingerprint density at radius 1 is 1.07 bits per heavy atom. The van der Waals surface area contributed by atoms with Gasteiger partial charge >= 0.3 is 0 Å². The van der Waals surface area contributed by atoms with E-state index in [1.54, 1.807) is 0 Å². The number of hydrogen-bond donors (Lipinski definition) is 1. The summed E-state index contributed by atoms with van der Waals surface area (Å²) in [6.45, 7) is 9.40. The van der Waals surface area contributed by atoms with Crippen LogP contribution in [0.4, 0.5) is 5.69 Å². The van der Waals surface area contributed by atoms with E-state index in [-0.39, 0.29) is 5.91 Å². The molecule has 1 aliphatic rings. The van der Waals surface area contributed by atoms with E-state index in [2.05, 4.69) is 15.1 Å². The third-order valence-corrected chi connectivity index (χ3v) is 5.62. The zero-order valence-electron chi connectivity index (χ0n) is 16.9. The number of benzene rings is 2. The topological polar surface area (TPSA) is 35.6 Å². The Balaban J connectivity index is 1.64. The molecule has 1 heterocycles. The van der Waals surface area contributed by atoms with Crippen molar-refractivity contribution in [2.24, 2.45) is 0 Å². The average molecular weight is 400 g/mol. The highest BCUT2D eigenvalue weighted by Crippen LogP contribution is 2.19. The fourth-order valence-corrected chi connectivity index (χ4v) is 3.87. The first-order chi connectivity index (χ1) is 13.5. The number of rotatable bonds is 8. The van der Waals surface area contributed by atoms with Gasteiger partial charge in [0.2, 0.25) is 5.91 Å². The van der Waals surface area contributed by atoms with Crippen LogP contribution in [-0.4, -0.2) is 48.4 Å². The molecule has 1 saturated heterocycles. The van der Waals surface area contributed by atoms with Crippen molar-refractivity contribution in [1.82, 2.24) is 9.80 Å². The second-order valence-electron chi connectivity index (χ2n) is 7.70. The molecule has 5 heteroatoms. The summed E-state index contributed by atoms with van der Waals surface area (Å²) in [5.41, 5.74) is 4.29. The lowest BCUT2D eigenvalue weighted by molar-refractivity contribution is -0.117. The molecule has 2 aromatic rings. The zero-order valence-corrected chi connectivity index (χ0v) is 17.6. The molecule has 2 aromatic carbocycles. The predicted octanol–water partition coefficient (Wildman–Crippen LogP) is 4.49. The van der Waals surface area contributed by atoms with Gasteiger partial charge in [0.15, 0.2) is 0 Å². The third kappa shape index (κ3) is 6.06. The van der Waals surface area contributed by atoms with Crippen molar-refractivity contribution in [1.29, 1.82) is 0 Å². The lowest BCUT2D eigenvalue weighted by Crippen LogP contribution is -2.38. The summed E-state index contributed by atoms with van der Waals surface area (Å²) in [7, 11) is 0. The number of halogens is 1. The Morgan fingerprint density at radius 3 is 2.36 bits per heavy atom. The van der Waals surface area contributed by atoms with Crippen molar-refractivity contribution in [3.63, 3.8) is 0 Å². The molecule has 0 spiro atoms. The van der Waals surface area contributed by atoms with E-state index >= 15 is 0 Å². The van der Waals surface area contributed by atoms with Gasteiger partial charge in [-0.3, -0.25) is 9.69 Å². The lowest BCUT2D eigenvalue weighted by Gasteiger charge is -2.25. The summed E-state index contributed by atoms with van der Waals surface area (Å²) in [5, 5.41) is 3.85. The Bertz CT molecular complexity index is 765. The number of likely N-dealkylation sites (tertiary alicyclic amines) is 1. The van der Waals surface area contributed by atoms with E-state index < -0.39 is 0 Å². The number of amides is 1. The highest BCUT2D eigenvalue weighted by Gasteiger charge is 2.17. The van der Waals surface area contributed by atoms with Gasteiger partial charge in [-0.25, -0.2) is 0 Å². The maximum atomic E-state index is 12.8. The Labute approximate surface area is 173 Å². The van der Waals surface area contributed by atoms with Gasteiger partial charge in [-0.15, -0.1) is 0 Å². The van der Waals surface area contributed by atoms with Crippen LogP contribution in [0.3, 0.4) is 0 Å². The Kier molecular flexibility index (Phi) is 7.49. The first kappa shape index (κ1) is 20.8.